The van der Waals surface area contributed by atoms with Crippen LogP contribution in [0.3, 0.4) is 0 Å². The number of hydrogen-bond acceptors (Lipinski definition) is 5. The second-order valence-electron chi connectivity index (χ2n) is 2.82. The Morgan fingerprint density at radius 2 is 1.93 bits per heavy atom. The summed E-state index contributed by atoms with van der Waals surface area (Å²) in [6.45, 7) is 0.131. The summed E-state index contributed by atoms with van der Waals surface area (Å²) in [6, 6.07) is -0.717. The molecule has 0 saturated carbocycles. The highest BCUT2D eigenvalue weighted by atomic mass is 16.5. The fourth-order valence-electron chi connectivity index (χ4n) is 1.01. The summed E-state index contributed by atoms with van der Waals surface area (Å²) < 4.78 is 4.79. The molecule has 2 unspecified atom stereocenters. The summed E-state index contributed by atoms with van der Waals surface area (Å²) in [6.07, 6.45) is -0.902. The molecule has 7 nitrogen and oxygen atoms in total. The highest BCUT2D eigenvalue weighted by molar-refractivity contribution is 6.61. The van der Waals surface area contributed by atoms with Crippen LogP contribution in [0.25, 0.3) is 0 Å². The number of amides is 1. The third kappa shape index (κ3) is 2.27. The number of rotatable bonds is 3. The number of Topliss-reactive ketones (excluding diaryl/α,β-unsaturated/α-hetero) is 1. The van der Waals surface area contributed by atoms with Crippen molar-refractivity contribution in [3.8, 4) is 0 Å². The predicted molar refractivity (Wildman–Crippen MR) is 41.4 cm³/mol. The summed E-state index contributed by atoms with van der Waals surface area (Å²) in [5.74, 6) is -4.62. The van der Waals surface area contributed by atoms with Crippen molar-refractivity contribution in [1.82, 2.24) is 5.32 Å². The van der Waals surface area contributed by atoms with E-state index in [2.05, 4.69) is 5.32 Å². The first-order chi connectivity index (χ1) is 6.52. The molecule has 1 heterocycles. The molecule has 78 valence electrons. The summed E-state index contributed by atoms with van der Waals surface area (Å²) >= 11 is 0. The Kier molecular flexibility index (Phi) is 3.15. The minimum Gasteiger partial charge on any atom is -0.475 e. The molecule has 7 heteroatoms. The average Bonchev–Trinajstić information content (AvgIpc) is 2.50. The molecule has 0 aromatic carbocycles. The number of carboxylic acids is 1. The first-order valence-electron chi connectivity index (χ1n) is 3.86. The zero-order valence-corrected chi connectivity index (χ0v) is 7.10. The minimum atomic E-state index is -1.82. The van der Waals surface area contributed by atoms with Crippen molar-refractivity contribution >= 4 is 17.7 Å². The van der Waals surface area contributed by atoms with E-state index in [1.54, 1.807) is 0 Å². The molecule has 1 amide bonds. The van der Waals surface area contributed by atoms with Crippen LogP contribution in [0.2, 0.25) is 0 Å². The molecule has 0 aromatic rings. The van der Waals surface area contributed by atoms with E-state index >= 15 is 0 Å². The third-order valence-electron chi connectivity index (χ3n) is 1.77. The summed E-state index contributed by atoms with van der Waals surface area (Å²) in [4.78, 5) is 31.6. The van der Waals surface area contributed by atoms with Crippen LogP contribution in [0.4, 0.5) is 0 Å². The molecule has 1 aliphatic heterocycles. The Balaban J connectivity index is 2.48. The van der Waals surface area contributed by atoms with Crippen molar-refractivity contribution in [1.29, 1.82) is 0 Å². The highest BCUT2D eigenvalue weighted by Crippen LogP contribution is 2.04. The molecule has 14 heavy (non-hydrogen) atoms. The van der Waals surface area contributed by atoms with Gasteiger partial charge in [-0.1, -0.05) is 0 Å². The van der Waals surface area contributed by atoms with E-state index in [1.165, 1.54) is 0 Å². The maximum Gasteiger partial charge on any atom is 0.382 e. The van der Waals surface area contributed by atoms with Gasteiger partial charge in [-0.15, -0.1) is 0 Å². The highest BCUT2D eigenvalue weighted by Gasteiger charge is 2.31. The standard InChI is InChI=1S/C7H9NO6/c9-4-2-14-1-3(4)8-6(11)5(10)7(12)13/h3-4,9H,1-2H2,(H,8,11)(H,12,13). The van der Waals surface area contributed by atoms with Crippen molar-refractivity contribution in [3.63, 3.8) is 0 Å². The zero-order valence-electron chi connectivity index (χ0n) is 7.10. The van der Waals surface area contributed by atoms with Gasteiger partial charge < -0.3 is 20.3 Å². The molecular formula is C7H9NO6. The Morgan fingerprint density at radius 1 is 1.29 bits per heavy atom. The van der Waals surface area contributed by atoms with Gasteiger partial charge in [0.1, 0.15) is 0 Å². The smallest absolute Gasteiger partial charge is 0.382 e. The van der Waals surface area contributed by atoms with Crippen molar-refractivity contribution in [2.24, 2.45) is 0 Å². The lowest BCUT2D eigenvalue weighted by molar-refractivity contribution is -0.153. The van der Waals surface area contributed by atoms with Crippen molar-refractivity contribution in [2.45, 2.75) is 12.1 Å². The third-order valence-corrected chi connectivity index (χ3v) is 1.77. The lowest BCUT2D eigenvalue weighted by Crippen LogP contribution is -2.47. The second kappa shape index (κ2) is 4.16. The lowest BCUT2D eigenvalue weighted by Gasteiger charge is -2.12. The molecule has 0 spiro atoms. The van der Waals surface area contributed by atoms with Gasteiger partial charge in [0.2, 0.25) is 0 Å². The van der Waals surface area contributed by atoms with Crippen LogP contribution in [-0.2, 0) is 19.1 Å². The number of hydrogen-bond donors (Lipinski definition) is 3. The normalized spacial score (nSPS) is 25.8. The van der Waals surface area contributed by atoms with Gasteiger partial charge in [-0.3, -0.25) is 9.59 Å². The van der Waals surface area contributed by atoms with Gasteiger partial charge >= 0.3 is 11.8 Å². The molecule has 0 radical (unpaired) electrons. The quantitative estimate of drug-likeness (QED) is 0.345. The molecule has 2 atom stereocenters. The fraction of sp³-hybridized carbons (Fsp3) is 0.571. The maximum absolute atomic E-state index is 10.9. The number of aliphatic hydroxyl groups excluding tert-OH is 1. The number of aliphatic hydroxyl groups is 1. The van der Waals surface area contributed by atoms with Gasteiger partial charge in [-0.05, 0) is 0 Å². The Hall–Kier alpha value is -1.47. The van der Waals surface area contributed by atoms with Gasteiger partial charge in [0.05, 0.1) is 25.4 Å². The number of aliphatic carboxylic acids is 1. The van der Waals surface area contributed by atoms with Crippen LogP contribution in [0.1, 0.15) is 0 Å². The number of nitrogens with one attached hydrogen (secondary N) is 1. The van der Waals surface area contributed by atoms with Gasteiger partial charge in [-0.25, -0.2) is 4.79 Å². The van der Waals surface area contributed by atoms with E-state index in [9.17, 15) is 14.4 Å². The van der Waals surface area contributed by atoms with Crippen molar-refractivity contribution in [3.05, 3.63) is 0 Å². The van der Waals surface area contributed by atoms with E-state index in [-0.39, 0.29) is 13.2 Å². The fourth-order valence-corrected chi connectivity index (χ4v) is 1.01. The van der Waals surface area contributed by atoms with Gasteiger partial charge in [0.15, 0.2) is 0 Å². The monoisotopic (exact) mass is 203 g/mol. The van der Waals surface area contributed by atoms with Crippen LogP contribution in [0.5, 0.6) is 0 Å². The van der Waals surface area contributed by atoms with Crippen LogP contribution >= 0.6 is 0 Å². The van der Waals surface area contributed by atoms with E-state index in [1.807, 2.05) is 0 Å². The van der Waals surface area contributed by atoms with Gasteiger partial charge in [-0.2, -0.15) is 0 Å². The molecule has 1 fully saturated rings. The first-order valence-corrected chi connectivity index (χ1v) is 3.86. The first kappa shape index (κ1) is 10.6. The predicted octanol–water partition coefficient (Wildman–Crippen LogP) is -2.48. The molecule has 1 saturated heterocycles. The summed E-state index contributed by atoms with van der Waals surface area (Å²) in [7, 11) is 0. The molecule has 1 rings (SSSR count). The maximum atomic E-state index is 10.9. The van der Waals surface area contributed by atoms with E-state index < -0.39 is 29.8 Å². The second-order valence-corrected chi connectivity index (χ2v) is 2.82. The number of ether oxygens (including phenoxy) is 1. The minimum absolute atomic E-state index is 0.0617. The van der Waals surface area contributed by atoms with Crippen LogP contribution in [0.15, 0.2) is 0 Å². The number of carbonyl (C=O) groups is 3. The average molecular weight is 203 g/mol. The van der Waals surface area contributed by atoms with Crippen LogP contribution in [-0.4, -0.2) is 53.2 Å². The van der Waals surface area contributed by atoms with Crippen molar-refractivity contribution < 1.29 is 29.3 Å². The number of carbonyl (C=O) groups excluding carboxylic acids is 2. The molecule has 0 aliphatic carbocycles. The molecular weight excluding hydrogens is 194 g/mol. The zero-order chi connectivity index (χ0) is 10.7. The van der Waals surface area contributed by atoms with Crippen LogP contribution in [0, 0.1) is 0 Å². The largest absolute Gasteiger partial charge is 0.475 e. The van der Waals surface area contributed by atoms with E-state index in [0.717, 1.165) is 0 Å². The van der Waals surface area contributed by atoms with Crippen molar-refractivity contribution in [2.75, 3.05) is 13.2 Å². The molecule has 0 aromatic heterocycles. The molecule has 1 aliphatic rings. The van der Waals surface area contributed by atoms with E-state index in [0.29, 0.717) is 0 Å². The molecule has 0 bridgehead atoms. The van der Waals surface area contributed by atoms with Gasteiger partial charge in [0, 0.05) is 0 Å². The number of carboxylic acid groups (broad SMARTS) is 1. The number of ketones is 1. The van der Waals surface area contributed by atoms with Gasteiger partial charge in [0.25, 0.3) is 5.91 Å². The Bertz CT molecular complexity index is 275. The SMILES string of the molecule is O=C(O)C(=O)C(=O)NC1COCC1O. The topological polar surface area (TPSA) is 113 Å². The van der Waals surface area contributed by atoms with Crippen LogP contribution < -0.4 is 5.32 Å². The Labute approximate surface area is 78.7 Å². The summed E-state index contributed by atoms with van der Waals surface area (Å²) in [5, 5.41) is 19.4. The Morgan fingerprint density at radius 3 is 2.36 bits per heavy atom. The lowest BCUT2D eigenvalue weighted by atomic mass is 10.2. The van der Waals surface area contributed by atoms with E-state index in [4.69, 9.17) is 14.9 Å². The summed E-state index contributed by atoms with van der Waals surface area (Å²) in [5.41, 5.74) is 0. The molecule has 3 N–H and O–H groups in total.